The van der Waals surface area contributed by atoms with Crippen molar-refractivity contribution in [2.45, 2.75) is 43.4 Å². The van der Waals surface area contributed by atoms with E-state index in [9.17, 15) is 18.5 Å². The number of nitriles is 1. The Kier molecular flexibility index (Phi) is 6.49. The first-order valence-electron chi connectivity index (χ1n) is 12.3. The fraction of sp³-hybridized carbons (Fsp3) is 0.407. The Hall–Kier alpha value is -3.35. The number of carbonyl (C=O) groups excluding carboxylic acids is 1. The minimum atomic E-state index is -3.34. The van der Waals surface area contributed by atoms with Crippen LogP contribution in [0.5, 0.6) is 0 Å². The van der Waals surface area contributed by atoms with Crippen LogP contribution in [0.3, 0.4) is 0 Å². The van der Waals surface area contributed by atoms with Crippen LogP contribution in [0.1, 0.15) is 54.1 Å². The normalized spacial score (nSPS) is 15.9. The first-order valence-corrected chi connectivity index (χ1v) is 13.8. The van der Waals surface area contributed by atoms with Gasteiger partial charge in [-0.2, -0.15) is 5.26 Å². The number of sulfonamides is 1. The molecule has 2 saturated carbocycles. The summed E-state index contributed by atoms with van der Waals surface area (Å²) in [6.45, 7) is 0.945. The highest BCUT2D eigenvalue weighted by Gasteiger charge is 2.35. The van der Waals surface area contributed by atoms with Crippen LogP contribution in [0.4, 0.5) is 5.69 Å². The molecule has 1 heterocycles. The van der Waals surface area contributed by atoms with E-state index in [0.717, 1.165) is 41.4 Å². The molecule has 9 heteroatoms. The van der Waals surface area contributed by atoms with Crippen molar-refractivity contribution >= 4 is 32.5 Å². The zero-order chi connectivity index (χ0) is 25.4. The van der Waals surface area contributed by atoms with Crippen molar-refractivity contribution in [3.8, 4) is 17.3 Å². The van der Waals surface area contributed by atoms with Crippen LogP contribution >= 0.6 is 0 Å². The van der Waals surface area contributed by atoms with Crippen LogP contribution in [0.2, 0.25) is 0 Å². The third kappa shape index (κ3) is 4.47. The van der Waals surface area contributed by atoms with E-state index in [1.54, 1.807) is 37.3 Å². The maximum Gasteiger partial charge on any atom is 0.253 e. The molecule has 2 aromatic carbocycles. The van der Waals surface area contributed by atoms with E-state index in [1.807, 2.05) is 24.3 Å². The molecule has 0 saturated heterocycles. The summed E-state index contributed by atoms with van der Waals surface area (Å²) < 4.78 is 34.6. The van der Waals surface area contributed by atoms with E-state index in [1.165, 1.54) is 0 Å². The van der Waals surface area contributed by atoms with Crippen LogP contribution < -0.4 is 4.72 Å². The molecule has 36 heavy (non-hydrogen) atoms. The van der Waals surface area contributed by atoms with Gasteiger partial charge in [-0.05, 0) is 61.9 Å². The molecule has 0 bridgehead atoms. The van der Waals surface area contributed by atoms with Gasteiger partial charge in [0.2, 0.25) is 10.0 Å². The maximum absolute atomic E-state index is 13.0. The van der Waals surface area contributed by atoms with Gasteiger partial charge in [0.25, 0.3) is 5.91 Å². The van der Waals surface area contributed by atoms with Gasteiger partial charge in [0, 0.05) is 43.4 Å². The number of fused-ring (bicyclic) bond motifs is 1. The lowest BCUT2D eigenvalue weighted by Gasteiger charge is -2.30. The highest BCUT2D eigenvalue weighted by Crippen LogP contribution is 2.43. The molecular weight excluding hydrogens is 476 g/mol. The summed E-state index contributed by atoms with van der Waals surface area (Å²) in [7, 11) is 0.0135. The summed E-state index contributed by atoms with van der Waals surface area (Å²) >= 11 is 0. The summed E-state index contributed by atoms with van der Waals surface area (Å²) in [6, 6.07) is 15.4. The van der Waals surface area contributed by atoms with Crippen LogP contribution in [-0.4, -0.2) is 56.4 Å². The van der Waals surface area contributed by atoms with Crippen LogP contribution in [0.15, 0.2) is 42.5 Å². The highest BCUT2D eigenvalue weighted by atomic mass is 32.2. The van der Waals surface area contributed by atoms with Crippen LogP contribution in [-0.2, 0) is 14.8 Å². The number of nitrogens with zero attached hydrogens (tertiary/aromatic N) is 3. The van der Waals surface area contributed by atoms with Crippen molar-refractivity contribution in [1.29, 1.82) is 5.26 Å². The Morgan fingerprint density at radius 3 is 2.47 bits per heavy atom. The number of nitrogens with one attached hydrogen (secondary N) is 1. The zero-order valence-corrected chi connectivity index (χ0v) is 21.3. The molecule has 0 atom stereocenters. The highest BCUT2D eigenvalue weighted by molar-refractivity contribution is 7.93. The standard InChI is InChI=1S/C27H30N4O4S/c1-30(14-15-35-2)27(32)19-8-13-23-24(17-28)26(31(25(23)16-19)21-4-3-5-21)18-6-9-20(10-7-18)29-36(33,34)22-11-12-22/h6-10,13,16,21-22,29H,3-5,11-12,14-15H2,1-2H3. The monoisotopic (exact) mass is 506 g/mol. The quantitative estimate of drug-likeness (QED) is 0.459. The topological polar surface area (TPSA) is 104 Å². The van der Waals surface area contributed by atoms with Gasteiger partial charge in [0.05, 0.1) is 28.6 Å². The lowest BCUT2D eigenvalue weighted by atomic mass is 9.92. The minimum Gasteiger partial charge on any atom is -0.383 e. The molecule has 188 valence electrons. The smallest absolute Gasteiger partial charge is 0.253 e. The van der Waals surface area contributed by atoms with E-state index in [4.69, 9.17) is 4.74 Å². The molecule has 1 amide bonds. The lowest BCUT2D eigenvalue weighted by Crippen LogP contribution is -2.29. The average molecular weight is 507 g/mol. The maximum atomic E-state index is 13.0. The molecule has 0 radical (unpaired) electrons. The summed E-state index contributed by atoms with van der Waals surface area (Å²) in [6.07, 6.45) is 4.53. The number of rotatable bonds is 9. The molecule has 5 rings (SSSR count). The van der Waals surface area contributed by atoms with E-state index >= 15 is 0 Å². The number of amides is 1. The Balaban J connectivity index is 1.56. The zero-order valence-electron chi connectivity index (χ0n) is 20.5. The number of methoxy groups -OCH3 is 1. The number of hydrogen-bond acceptors (Lipinski definition) is 5. The van der Waals surface area contributed by atoms with Crippen molar-refractivity contribution in [3.63, 3.8) is 0 Å². The van der Waals surface area contributed by atoms with E-state index < -0.39 is 10.0 Å². The summed E-state index contributed by atoms with van der Waals surface area (Å²) in [4.78, 5) is 14.7. The molecule has 2 aliphatic carbocycles. The van der Waals surface area contributed by atoms with E-state index in [2.05, 4.69) is 15.4 Å². The number of aromatic nitrogens is 1. The SMILES string of the molecule is COCCN(C)C(=O)c1ccc2c(C#N)c(-c3ccc(NS(=O)(=O)C4CC4)cc3)n(C3CCC3)c2c1. The van der Waals surface area contributed by atoms with E-state index in [0.29, 0.717) is 42.8 Å². The fourth-order valence-corrected chi connectivity index (χ4v) is 6.12. The van der Waals surface area contributed by atoms with Crippen molar-refractivity contribution in [2.75, 3.05) is 32.0 Å². The van der Waals surface area contributed by atoms with Crippen LogP contribution in [0.25, 0.3) is 22.2 Å². The Labute approximate surface area is 211 Å². The largest absolute Gasteiger partial charge is 0.383 e. The molecule has 1 N–H and O–H groups in total. The number of carbonyl (C=O) groups is 1. The van der Waals surface area contributed by atoms with Gasteiger partial charge < -0.3 is 14.2 Å². The Bertz CT molecular complexity index is 1450. The van der Waals surface area contributed by atoms with Crippen molar-refractivity contribution < 1.29 is 17.9 Å². The van der Waals surface area contributed by atoms with Gasteiger partial charge in [-0.1, -0.05) is 18.2 Å². The number of benzene rings is 2. The van der Waals surface area contributed by atoms with Gasteiger partial charge in [-0.3, -0.25) is 9.52 Å². The molecule has 8 nitrogen and oxygen atoms in total. The summed E-state index contributed by atoms with van der Waals surface area (Å²) in [5.41, 5.74) is 4.17. The molecule has 2 aliphatic rings. The van der Waals surface area contributed by atoms with Gasteiger partial charge in [-0.25, -0.2) is 8.42 Å². The predicted molar refractivity (Wildman–Crippen MR) is 139 cm³/mol. The fourth-order valence-electron chi connectivity index (χ4n) is 4.74. The second-order valence-electron chi connectivity index (χ2n) is 9.67. The molecule has 2 fully saturated rings. The molecule has 0 unspecified atom stereocenters. The Morgan fingerprint density at radius 1 is 1.17 bits per heavy atom. The molecule has 0 aliphatic heterocycles. The van der Waals surface area contributed by atoms with Gasteiger partial charge in [0.15, 0.2) is 0 Å². The average Bonchev–Trinajstić information content (AvgIpc) is 3.66. The number of anilines is 1. The predicted octanol–water partition coefficient (Wildman–Crippen LogP) is 4.53. The molecule has 1 aromatic heterocycles. The van der Waals surface area contributed by atoms with Crippen molar-refractivity contribution in [3.05, 3.63) is 53.6 Å². The number of hydrogen-bond donors (Lipinski definition) is 1. The van der Waals surface area contributed by atoms with Crippen molar-refractivity contribution in [1.82, 2.24) is 9.47 Å². The van der Waals surface area contributed by atoms with E-state index in [-0.39, 0.29) is 17.2 Å². The number of ether oxygens (including phenoxy) is 1. The van der Waals surface area contributed by atoms with Gasteiger partial charge in [-0.15, -0.1) is 0 Å². The number of likely N-dealkylation sites (N-methyl/N-ethyl adjacent to an activating group) is 1. The van der Waals surface area contributed by atoms with Crippen LogP contribution in [0, 0.1) is 11.3 Å². The summed E-state index contributed by atoms with van der Waals surface area (Å²) in [5.74, 6) is -0.0948. The second kappa shape index (κ2) is 9.60. The summed E-state index contributed by atoms with van der Waals surface area (Å²) in [5, 5.41) is 10.7. The first kappa shape index (κ1) is 24.3. The molecule has 0 spiro atoms. The van der Waals surface area contributed by atoms with Gasteiger partial charge >= 0.3 is 0 Å². The second-order valence-corrected chi connectivity index (χ2v) is 11.6. The third-order valence-corrected chi connectivity index (χ3v) is 9.03. The third-order valence-electron chi connectivity index (χ3n) is 7.16. The first-order chi connectivity index (χ1) is 17.3. The lowest BCUT2D eigenvalue weighted by molar-refractivity contribution is 0.0744. The van der Waals surface area contributed by atoms with Gasteiger partial charge in [0.1, 0.15) is 6.07 Å². The molecule has 3 aromatic rings. The minimum absolute atomic E-state index is 0.0948. The molecular formula is C27H30N4O4S. The Morgan fingerprint density at radius 2 is 1.89 bits per heavy atom. The van der Waals surface area contributed by atoms with Crippen molar-refractivity contribution in [2.24, 2.45) is 0 Å².